The van der Waals surface area contributed by atoms with Crippen LogP contribution in [0.4, 0.5) is 10.5 Å². The van der Waals surface area contributed by atoms with E-state index in [2.05, 4.69) is 17.6 Å². The Hall–Kier alpha value is -2.02. The fourth-order valence-electron chi connectivity index (χ4n) is 2.57. The van der Waals surface area contributed by atoms with Crippen molar-refractivity contribution in [3.63, 3.8) is 0 Å². The zero-order valence-electron chi connectivity index (χ0n) is 14.9. The summed E-state index contributed by atoms with van der Waals surface area (Å²) in [7, 11) is 1.75. The number of carbonyl (C=O) groups is 1. The van der Waals surface area contributed by atoms with Crippen molar-refractivity contribution < 1.29 is 14.3 Å². The number of hydrogen-bond acceptors (Lipinski definition) is 4. The molecule has 2 N–H and O–H groups in total. The van der Waals surface area contributed by atoms with Crippen molar-refractivity contribution in [1.82, 2.24) is 10.6 Å². The molecule has 1 aliphatic heterocycles. The summed E-state index contributed by atoms with van der Waals surface area (Å²) in [5.41, 5.74) is 0.807. The van der Waals surface area contributed by atoms with E-state index in [9.17, 15) is 4.79 Å². The van der Waals surface area contributed by atoms with Gasteiger partial charge in [-0.05, 0) is 42.9 Å². The minimum Gasteiger partial charge on any atom is -0.494 e. The smallest absolute Gasteiger partial charge is 0.414 e. The topological polar surface area (TPSA) is 62.8 Å². The first-order valence-electron chi connectivity index (χ1n) is 8.80. The Morgan fingerprint density at radius 3 is 2.76 bits per heavy atom. The van der Waals surface area contributed by atoms with Crippen LogP contribution in [-0.2, 0) is 4.74 Å². The summed E-state index contributed by atoms with van der Waals surface area (Å²) in [4.78, 5) is 13.7. The molecular weight excluding hydrogens is 338 g/mol. The first kappa shape index (κ1) is 19.3. The molecular formula is C18H27N3O3S. The number of ether oxygens (including phenoxy) is 2. The van der Waals surface area contributed by atoms with Crippen LogP contribution in [0.3, 0.4) is 0 Å². The number of nitrogens with zero attached hydrogens (tertiary/aromatic N) is 1. The summed E-state index contributed by atoms with van der Waals surface area (Å²) < 4.78 is 11.1. The Morgan fingerprint density at radius 1 is 1.32 bits per heavy atom. The van der Waals surface area contributed by atoms with Gasteiger partial charge in [-0.1, -0.05) is 26.2 Å². The van der Waals surface area contributed by atoms with Gasteiger partial charge >= 0.3 is 6.09 Å². The Balaban J connectivity index is 1.80. The highest BCUT2D eigenvalue weighted by atomic mass is 32.1. The van der Waals surface area contributed by atoms with Gasteiger partial charge in [0.1, 0.15) is 11.9 Å². The molecule has 25 heavy (non-hydrogen) atoms. The van der Waals surface area contributed by atoms with Crippen molar-refractivity contribution in [2.24, 2.45) is 0 Å². The maximum Gasteiger partial charge on any atom is 0.414 e. The van der Waals surface area contributed by atoms with Crippen LogP contribution >= 0.6 is 12.2 Å². The zero-order valence-corrected chi connectivity index (χ0v) is 15.7. The second kappa shape index (κ2) is 10.1. The van der Waals surface area contributed by atoms with E-state index in [1.807, 2.05) is 24.3 Å². The van der Waals surface area contributed by atoms with Crippen LogP contribution in [0.15, 0.2) is 24.3 Å². The molecule has 1 saturated heterocycles. The zero-order chi connectivity index (χ0) is 18.1. The quantitative estimate of drug-likeness (QED) is 0.518. The van der Waals surface area contributed by atoms with E-state index in [-0.39, 0.29) is 12.2 Å². The first-order valence-corrected chi connectivity index (χ1v) is 9.21. The number of thiocarbonyl (C=S) groups is 1. The first-order chi connectivity index (χ1) is 12.1. The summed E-state index contributed by atoms with van der Waals surface area (Å²) >= 11 is 5.02. The number of nitrogens with one attached hydrogen (secondary N) is 2. The highest BCUT2D eigenvalue weighted by Crippen LogP contribution is 2.24. The average molecular weight is 365 g/mol. The predicted molar refractivity (Wildman–Crippen MR) is 103 cm³/mol. The van der Waals surface area contributed by atoms with Gasteiger partial charge in [0.25, 0.3) is 0 Å². The number of benzene rings is 1. The number of rotatable bonds is 9. The standard InChI is InChI=1S/C18H27N3O3S/c1-3-4-5-6-11-23-15-9-7-14(8-10-15)21-13-16(24-18(21)22)12-20-17(25)19-2/h7-10,16H,3-6,11-13H2,1-2H3,(H2,19,20,25)/t16-/m0/s1. The van der Waals surface area contributed by atoms with Gasteiger partial charge in [-0.2, -0.15) is 0 Å². The third-order valence-electron chi connectivity index (χ3n) is 4.01. The third-order valence-corrected chi connectivity index (χ3v) is 4.35. The van der Waals surface area contributed by atoms with E-state index in [1.54, 1.807) is 11.9 Å². The van der Waals surface area contributed by atoms with Gasteiger partial charge in [-0.25, -0.2) is 4.79 Å². The third kappa shape index (κ3) is 6.08. The Bertz CT molecular complexity index is 565. The van der Waals surface area contributed by atoms with Gasteiger partial charge in [0.05, 0.1) is 19.7 Å². The number of carbonyl (C=O) groups excluding carboxylic acids is 1. The lowest BCUT2D eigenvalue weighted by Crippen LogP contribution is -2.39. The normalized spacial score (nSPS) is 16.5. The number of hydrogen-bond donors (Lipinski definition) is 2. The second-order valence-corrected chi connectivity index (χ2v) is 6.39. The molecule has 7 heteroatoms. The molecule has 0 unspecified atom stereocenters. The molecule has 138 valence electrons. The number of cyclic esters (lactones) is 1. The Morgan fingerprint density at radius 2 is 2.08 bits per heavy atom. The molecule has 6 nitrogen and oxygen atoms in total. The monoisotopic (exact) mass is 365 g/mol. The van der Waals surface area contributed by atoms with Crippen molar-refractivity contribution in [3.05, 3.63) is 24.3 Å². The molecule has 2 rings (SSSR count). The maximum absolute atomic E-state index is 12.1. The highest BCUT2D eigenvalue weighted by Gasteiger charge is 2.32. The molecule has 1 aromatic carbocycles. The van der Waals surface area contributed by atoms with Crippen LogP contribution in [0.1, 0.15) is 32.6 Å². The molecule has 1 fully saturated rings. The summed E-state index contributed by atoms with van der Waals surface area (Å²) in [6.45, 7) is 3.90. The second-order valence-electron chi connectivity index (χ2n) is 5.98. The minimum absolute atomic E-state index is 0.228. The molecule has 0 radical (unpaired) electrons. The largest absolute Gasteiger partial charge is 0.494 e. The van der Waals surface area contributed by atoms with Crippen LogP contribution in [-0.4, -0.2) is 44.1 Å². The summed E-state index contributed by atoms with van der Waals surface area (Å²) in [6, 6.07) is 7.56. The van der Waals surface area contributed by atoms with Gasteiger partial charge in [0.15, 0.2) is 5.11 Å². The molecule has 0 aliphatic carbocycles. The van der Waals surface area contributed by atoms with Crippen LogP contribution < -0.4 is 20.3 Å². The fourth-order valence-corrected chi connectivity index (χ4v) is 2.66. The van der Waals surface area contributed by atoms with E-state index in [0.717, 1.165) is 24.5 Å². The molecule has 0 spiro atoms. The Labute approximate surface area is 154 Å². The number of amides is 1. The van der Waals surface area contributed by atoms with Crippen molar-refractivity contribution >= 4 is 29.1 Å². The van der Waals surface area contributed by atoms with Gasteiger partial charge in [-0.3, -0.25) is 4.90 Å². The summed E-state index contributed by atoms with van der Waals surface area (Å²) in [6.07, 6.45) is 4.16. The van der Waals surface area contributed by atoms with Crippen LogP contribution in [0, 0.1) is 0 Å². The van der Waals surface area contributed by atoms with Gasteiger partial charge in [0.2, 0.25) is 0 Å². The maximum atomic E-state index is 12.1. The molecule has 1 atom stereocenters. The molecule has 1 heterocycles. The van der Waals surface area contributed by atoms with Crippen molar-refractivity contribution in [1.29, 1.82) is 0 Å². The molecule has 0 bridgehead atoms. The molecule has 0 aromatic heterocycles. The molecule has 1 aliphatic rings. The lowest BCUT2D eigenvalue weighted by Gasteiger charge is -2.14. The van der Waals surface area contributed by atoms with Gasteiger partial charge < -0.3 is 20.1 Å². The average Bonchev–Trinajstić information content (AvgIpc) is 3.00. The fraction of sp³-hybridized carbons (Fsp3) is 0.556. The summed E-state index contributed by atoms with van der Waals surface area (Å²) in [5, 5.41) is 6.38. The number of anilines is 1. The molecule has 1 amide bonds. The molecule has 1 aromatic rings. The van der Waals surface area contributed by atoms with Crippen molar-refractivity contribution in [2.45, 2.75) is 38.7 Å². The van der Waals surface area contributed by atoms with E-state index in [1.165, 1.54) is 19.3 Å². The lowest BCUT2D eigenvalue weighted by molar-refractivity contribution is 0.143. The van der Waals surface area contributed by atoms with Crippen LogP contribution in [0.5, 0.6) is 5.75 Å². The highest BCUT2D eigenvalue weighted by molar-refractivity contribution is 7.80. The van der Waals surface area contributed by atoms with E-state index in [4.69, 9.17) is 21.7 Å². The SMILES string of the molecule is CCCCCCOc1ccc(N2C[C@H](CNC(=S)NC)OC2=O)cc1. The minimum atomic E-state index is -0.338. The predicted octanol–water partition coefficient (Wildman–Crippen LogP) is 3.06. The molecule has 0 saturated carbocycles. The van der Waals surface area contributed by atoms with Crippen LogP contribution in [0.25, 0.3) is 0 Å². The van der Waals surface area contributed by atoms with Crippen molar-refractivity contribution in [2.75, 3.05) is 31.6 Å². The van der Waals surface area contributed by atoms with E-state index >= 15 is 0 Å². The van der Waals surface area contributed by atoms with Gasteiger partial charge in [-0.15, -0.1) is 0 Å². The number of unbranched alkanes of at least 4 members (excludes halogenated alkanes) is 3. The van der Waals surface area contributed by atoms with E-state index in [0.29, 0.717) is 18.2 Å². The lowest BCUT2D eigenvalue weighted by atomic mass is 10.2. The van der Waals surface area contributed by atoms with Crippen molar-refractivity contribution in [3.8, 4) is 5.75 Å². The van der Waals surface area contributed by atoms with Gasteiger partial charge in [0, 0.05) is 12.7 Å². The summed E-state index contributed by atoms with van der Waals surface area (Å²) in [5.74, 6) is 0.824. The Kier molecular flexibility index (Phi) is 7.78. The van der Waals surface area contributed by atoms with E-state index < -0.39 is 0 Å². The van der Waals surface area contributed by atoms with Crippen LogP contribution in [0.2, 0.25) is 0 Å².